The van der Waals surface area contributed by atoms with Gasteiger partial charge in [0.15, 0.2) is 23.3 Å². The lowest BCUT2D eigenvalue weighted by molar-refractivity contribution is -0.155. The summed E-state index contributed by atoms with van der Waals surface area (Å²) >= 11 is 7.45. The van der Waals surface area contributed by atoms with Crippen LogP contribution in [0.1, 0.15) is 55.4 Å². The number of morpholine rings is 1. The first-order chi connectivity index (χ1) is 19.8. The molecule has 3 aromatic heterocycles. The summed E-state index contributed by atoms with van der Waals surface area (Å²) in [7, 11) is 0. The molecule has 0 spiro atoms. The van der Waals surface area contributed by atoms with Gasteiger partial charge in [-0.1, -0.05) is 18.5 Å². The van der Waals surface area contributed by atoms with Gasteiger partial charge in [0, 0.05) is 24.0 Å². The second kappa shape index (κ2) is 13.2. The molecular formula is C28H33ClF2N6O4S. The Balaban J connectivity index is 1.63. The third-order valence-electron chi connectivity index (χ3n) is 6.31. The number of ether oxygens (including phenoxy) is 2. The lowest BCUT2D eigenvalue weighted by atomic mass is 9.96. The van der Waals surface area contributed by atoms with Crippen molar-refractivity contribution in [3.63, 3.8) is 0 Å². The largest absolute Gasteiger partial charge is 0.460 e. The van der Waals surface area contributed by atoms with Crippen LogP contribution < -0.4 is 21.3 Å². The zero-order chi connectivity index (χ0) is 30.6. The van der Waals surface area contributed by atoms with Gasteiger partial charge in [-0.15, -0.1) is 11.3 Å². The number of nitrogens with zero attached hydrogens (tertiary/aromatic N) is 3. The van der Waals surface area contributed by atoms with E-state index < -0.39 is 35.2 Å². The zero-order valence-corrected chi connectivity index (χ0v) is 25.2. The number of thiophene rings is 1. The van der Waals surface area contributed by atoms with Crippen molar-refractivity contribution in [2.45, 2.75) is 45.8 Å². The summed E-state index contributed by atoms with van der Waals surface area (Å²) in [4.78, 5) is 35.8. The Bertz CT molecular complexity index is 1440. The molecule has 14 heteroatoms. The maximum Gasteiger partial charge on any atom is 0.306 e. The van der Waals surface area contributed by atoms with E-state index in [0.717, 1.165) is 10.9 Å². The van der Waals surface area contributed by atoms with Crippen LogP contribution in [0.15, 0.2) is 30.5 Å². The summed E-state index contributed by atoms with van der Waals surface area (Å²) in [5.41, 5.74) is 4.78. The highest BCUT2D eigenvalue weighted by molar-refractivity contribution is 7.16. The van der Waals surface area contributed by atoms with Crippen LogP contribution in [0, 0.1) is 17.6 Å². The van der Waals surface area contributed by atoms with Gasteiger partial charge in [-0.25, -0.2) is 18.7 Å². The minimum absolute atomic E-state index is 0.0248. The smallest absolute Gasteiger partial charge is 0.306 e. The SMILES string of the molecule is C[C@H](CC(=O)OC(C)(C)C)[C@H](Nc1nc(Nc2cnc(N3CCOCC3)c(F)c2)c(C(N)=O)cc1F)c1ccc(Cl)s1. The topological polar surface area (TPSA) is 132 Å². The van der Waals surface area contributed by atoms with Gasteiger partial charge in [-0.05, 0) is 44.9 Å². The monoisotopic (exact) mass is 622 g/mol. The maximum absolute atomic E-state index is 15.3. The predicted octanol–water partition coefficient (Wildman–Crippen LogP) is 5.67. The van der Waals surface area contributed by atoms with Crippen LogP contribution in [-0.2, 0) is 14.3 Å². The number of pyridine rings is 2. The molecule has 1 fully saturated rings. The quantitative estimate of drug-likeness (QED) is 0.245. The van der Waals surface area contributed by atoms with E-state index in [-0.39, 0.29) is 41.0 Å². The second-order valence-corrected chi connectivity index (χ2v) is 12.6. The number of halogens is 3. The van der Waals surface area contributed by atoms with E-state index in [4.69, 9.17) is 26.8 Å². The normalized spacial score (nSPS) is 15.2. The Hall–Kier alpha value is -3.55. The Morgan fingerprint density at radius 1 is 1.19 bits per heavy atom. The number of nitrogens with one attached hydrogen (secondary N) is 2. The Kier molecular flexibility index (Phi) is 9.85. The van der Waals surface area contributed by atoms with Crippen molar-refractivity contribution in [2.24, 2.45) is 11.7 Å². The third-order valence-corrected chi connectivity index (χ3v) is 7.62. The summed E-state index contributed by atoms with van der Waals surface area (Å²) in [6.45, 7) is 9.07. The summed E-state index contributed by atoms with van der Waals surface area (Å²) in [5.74, 6) is -3.32. The van der Waals surface area contributed by atoms with Crippen molar-refractivity contribution < 1.29 is 27.8 Å². The van der Waals surface area contributed by atoms with Crippen molar-refractivity contribution in [3.05, 3.63) is 56.9 Å². The molecule has 1 aliphatic rings. The van der Waals surface area contributed by atoms with Crippen LogP contribution >= 0.6 is 22.9 Å². The van der Waals surface area contributed by atoms with Gasteiger partial charge < -0.3 is 30.7 Å². The average molecular weight is 623 g/mol. The van der Waals surface area contributed by atoms with Gasteiger partial charge in [-0.3, -0.25) is 9.59 Å². The fraction of sp³-hybridized carbons (Fsp3) is 0.429. The number of hydrogen-bond acceptors (Lipinski definition) is 10. The number of primary amides is 1. The van der Waals surface area contributed by atoms with E-state index in [1.54, 1.807) is 37.8 Å². The summed E-state index contributed by atoms with van der Waals surface area (Å²) in [6.07, 6.45) is 1.41. The van der Waals surface area contributed by atoms with Gasteiger partial charge in [0.1, 0.15) is 11.4 Å². The lowest BCUT2D eigenvalue weighted by Crippen LogP contribution is -2.37. The van der Waals surface area contributed by atoms with Crippen molar-refractivity contribution in [1.29, 1.82) is 0 Å². The molecule has 42 heavy (non-hydrogen) atoms. The minimum atomic E-state index is -0.936. The summed E-state index contributed by atoms with van der Waals surface area (Å²) < 4.78 is 41.6. The molecular weight excluding hydrogens is 590 g/mol. The van der Waals surface area contributed by atoms with E-state index in [0.29, 0.717) is 30.6 Å². The first-order valence-electron chi connectivity index (χ1n) is 13.3. The van der Waals surface area contributed by atoms with Gasteiger partial charge in [-0.2, -0.15) is 0 Å². The molecule has 10 nitrogen and oxygen atoms in total. The van der Waals surface area contributed by atoms with Crippen LogP contribution in [0.5, 0.6) is 0 Å². The summed E-state index contributed by atoms with van der Waals surface area (Å²) in [6, 6.07) is 5.03. The van der Waals surface area contributed by atoms with Gasteiger partial charge in [0.25, 0.3) is 5.91 Å². The number of anilines is 4. The number of amides is 1. The number of rotatable bonds is 10. The van der Waals surface area contributed by atoms with Crippen LogP contribution in [0.2, 0.25) is 4.34 Å². The number of aromatic nitrogens is 2. The van der Waals surface area contributed by atoms with Crippen molar-refractivity contribution in [1.82, 2.24) is 9.97 Å². The molecule has 0 aromatic carbocycles. The van der Waals surface area contributed by atoms with E-state index >= 15 is 4.39 Å². The van der Waals surface area contributed by atoms with E-state index in [1.165, 1.54) is 23.6 Å². The highest BCUT2D eigenvalue weighted by Crippen LogP contribution is 2.36. The zero-order valence-electron chi connectivity index (χ0n) is 23.7. The van der Waals surface area contributed by atoms with E-state index in [1.807, 2.05) is 6.92 Å². The predicted molar refractivity (Wildman–Crippen MR) is 159 cm³/mol. The average Bonchev–Trinajstić information content (AvgIpc) is 3.33. The van der Waals surface area contributed by atoms with Gasteiger partial charge >= 0.3 is 5.97 Å². The molecule has 226 valence electrons. The molecule has 3 aromatic rings. The number of carbonyl (C=O) groups excluding carboxylic acids is 2. The molecule has 1 aliphatic heterocycles. The first kappa shape index (κ1) is 31.4. The number of hydrogen-bond donors (Lipinski definition) is 3. The highest BCUT2D eigenvalue weighted by atomic mass is 35.5. The molecule has 1 amide bonds. The maximum atomic E-state index is 15.3. The standard InChI is InChI=1S/C28H33ClF2N6O4S/c1-15(11-22(38)41-28(2,3)4)23(20-5-6-21(29)42-20)35-26-18(30)13-17(24(32)39)25(36-26)34-16-12-19(31)27(33-14-16)37-7-9-40-10-8-37/h5-6,12-15,23H,7-11H2,1-4H3,(H2,32,39)(H2,34,35,36)/t15-,23+/m1/s1. The Morgan fingerprint density at radius 2 is 1.90 bits per heavy atom. The molecule has 0 aliphatic carbocycles. The lowest BCUT2D eigenvalue weighted by Gasteiger charge is -2.28. The van der Waals surface area contributed by atoms with Crippen molar-refractivity contribution in [3.8, 4) is 0 Å². The van der Waals surface area contributed by atoms with Crippen molar-refractivity contribution in [2.75, 3.05) is 41.8 Å². The first-order valence-corrected chi connectivity index (χ1v) is 14.5. The number of esters is 1. The molecule has 0 bridgehead atoms. The minimum Gasteiger partial charge on any atom is -0.460 e. The Labute approximate surface area is 251 Å². The molecule has 4 heterocycles. The van der Waals surface area contributed by atoms with Crippen LogP contribution in [0.3, 0.4) is 0 Å². The molecule has 4 N–H and O–H groups in total. The molecule has 0 saturated carbocycles. The third kappa shape index (κ3) is 8.05. The molecule has 1 saturated heterocycles. The highest BCUT2D eigenvalue weighted by Gasteiger charge is 2.28. The van der Waals surface area contributed by atoms with Gasteiger partial charge in [0.2, 0.25) is 0 Å². The fourth-order valence-corrected chi connectivity index (χ4v) is 5.66. The van der Waals surface area contributed by atoms with E-state index in [2.05, 4.69) is 20.6 Å². The molecule has 0 unspecified atom stereocenters. The molecule has 4 rings (SSSR count). The fourth-order valence-electron chi connectivity index (χ4n) is 4.42. The van der Waals surface area contributed by atoms with Gasteiger partial charge in [0.05, 0.1) is 47.5 Å². The number of nitrogens with two attached hydrogens (primary N) is 1. The summed E-state index contributed by atoms with van der Waals surface area (Å²) in [5, 5.41) is 5.90. The molecule has 2 atom stereocenters. The van der Waals surface area contributed by atoms with Crippen LogP contribution in [-0.4, -0.2) is 53.7 Å². The molecule has 0 radical (unpaired) electrons. The van der Waals surface area contributed by atoms with E-state index in [9.17, 15) is 14.0 Å². The Morgan fingerprint density at radius 3 is 2.50 bits per heavy atom. The van der Waals surface area contributed by atoms with Crippen LogP contribution in [0.4, 0.5) is 31.9 Å². The second-order valence-electron chi connectivity index (χ2n) is 10.9. The van der Waals surface area contributed by atoms with Crippen molar-refractivity contribution >= 4 is 58.0 Å². The number of carbonyl (C=O) groups is 2. The van der Waals surface area contributed by atoms with Crippen LogP contribution in [0.25, 0.3) is 0 Å².